The fraction of sp³-hybridized carbons (Fsp3) is 0.900. The van der Waals surface area contributed by atoms with Gasteiger partial charge in [0.2, 0.25) is 5.91 Å². The lowest BCUT2D eigenvalue weighted by atomic mass is 10.0. The van der Waals surface area contributed by atoms with E-state index in [1.807, 2.05) is 6.92 Å². The molecule has 1 saturated carbocycles. The van der Waals surface area contributed by atoms with Crippen LogP contribution in [0.3, 0.4) is 0 Å². The monoisotopic (exact) mass is 199 g/mol. The van der Waals surface area contributed by atoms with Gasteiger partial charge in [-0.3, -0.25) is 4.79 Å². The molecule has 80 valence electrons. The predicted octanol–water partition coefficient (Wildman–Crippen LogP) is 0.0541. The highest BCUT2D eigenvalue weighted by atomic mass is 16.5. The van der Waals surface area contributed by atoms with Crippen LogP contribution in [0.5, 0.6) is 0 Å². The summed E-state index contributed by atoms with van der Waals surface area (Å²) in [6, 6.07) is 0. The molecule has 1 aliphatic heterocycles. The van der Waals surface area contributed by atoms with Crippen LogP contribution >= 0.6 is 0 Å². The number of ether oxygens (including phenoxy) is 1. The molecule has 1 saturated heterocycles. The summed E-state index contributed by atoms with van der Waals surface area (Å²) >= 11 is 0. The topological polar surface area (TPSA) is 58.6 Å². The molecule has 2 aliphatic rings. The van der Waals surface area contributed by atoms with Gasteiger partial charge >= 0.3 is 0 Å². The number of amides is 1. The summed E-state index contributed by atoms with van der Waals surface area (Å²) in [7, 11) is 0. The van der Waals surface area contributed by atoms with Gasteiger partial charge in [-0.15, -0.1) is 0 Å². The highest BCUT2D eigenvalue weighted by molar-refractivity contribution is 5.84. The highest BCUT2D eigenvalue weighted by Gasteiger charge is 2.45. The molecular weight excluding hydrogens is 182 g/mol. The first-order valence-corrected chi connectivity index (χ1v) is 5.13. The zero-order valence-electron chi connectivity index (χ0n) is 8.51. The van der Waals surface area contributed by atoms with E-state index in [0.717, 1.165) is 12.8 Å². The lowest BCUT2D eigenvalue weighted by Crippen LogP contribution is -2.45. The summed E-state index contributed by atoms with van der Waals surface area (Å²) in [5, 5.41) is 12.7. The van der Waals surface area contributed by atoms with Gasteiger partial charge in [-0.2, -0.15) is 0 Å². The van der Waals surface area contributed by atoms with Crippen LogP contribution < -0.4 is 5.32 Å². The standard InChI is InChI=1S/C10H17NO3/c1-9(2-3-9)8(12)11-6-10(13)4-5-14-7-10/h13H,2-7H2,1H3,(H,11,12). The van der Waals surface area contributed by atoms with Crippen molar-refractivity contribution < 1.29 is 14.6 Å². The summed E-state index contributed by atoms with van der Waals surface area (Å²) in [4.78, 5) is 11.6. The molecule has 4 nitrogen and oxygen atoms in total. The van der Waals surface area contributed by atoms with Gasteiger partial charge in [0.15, 0.2) is 0 Å². The van der Waals surface area contributed by atoms with Crippen molar-refractivity contribution in [1.29, 1.82) is 0 Å². The summed E-state index contributed by atoms with van der Waals surface area (Å²) in [6.07, 6.45) is 2.55. The van der Waals surface area contributed by atoms with E-state index < -0.39 is 5.60 Å². The van der Waals surface area contributed by atoms with Gasteiger partial charge in [0.05, 0.1) is 6.61 Å². The molecule has 0 aromatic carbocycles. The van der Waals surface area contributed by atoms with Gasteiger partial charge in [-0.1, -0.05) is 6.92 Å². The molecule has 0 aromatic rings. The average molecular weight is 199 g/mol. The molecule has 0 radical (unpaired) electrons. The minimum absolute atomic E-state index is 0.0674. The molecule has 1 unspecified atom stereocenters. The number of carbonyl (C=O) groups excluding carboxylic acids is 1. The van der Waals surface area contributed by atoms with Crippen molar-refractivity contribution in [3.63, 3.8) is 0 Å². The van der Waals surface area contributed by atoms with E-state index >= 15 is 0 Å². The first-order valence-electron chi connectivity index (χ1n) is 5.13. The van der Waals surface area contributed by atoms with Crippen molar-refractivity contribution in [2.24, 2.45) is 5.41 Å². The Morgan fingerprint density at radius 1 is 1.50 bits per heavy atom. The van der Waals surface area contributed by atoms with Crippen LogP contribution in [-0.4, -0.2) is 36.4 Å². The van der Waals surface area contributed by atoms with Crippen LogP contribution in [0.1, 0.15) is 26.2 Å². The van der Waals surface area contributed by atoms with E-state index in [-0.39, 0.29) is 11.3 Å². The molecule has 2 rings (SSSR count). The molecular formula is C10H17NO3. The number of nitrogens with one attached hydrogen (secondary N) is 1. The van der Waals surface area contributed by atoms with Crippen molar-refractivity contribution in [3.05, 3.63) is 0 Å². The molecule has 0 aromatic heterocycles. The zero-order chi connectivity index (χ0) is 10.2. The van der Waals surface area contributed by atoms with E-state index in [1.165, 1.54) is 0 Å². The minimum Gasteiger partial charge on any atom is -0.386 e. The Balaban J connectivity index is 1.79. The maximum absolute atomic E-state index is 11.6. The van der Waals surface area contributed by atoms with Crippen LogP contribution in [-0.2, 0) is 9.53 Å². The number of rotatable bonds is 3. The van der Waals surface area contributed by atoms with Crippen LogP contribution in [0, 0.1) is 5.41 Å². The van der Waals surface area contributed by atoms with Crippen molar-refractivity contribution in [2.75, 3.05) is 19.8 Å². The summed E-state index contributed by atoms with van der Waals surface area (Å²) in [5.41, 5.74) is -0.989. The summed E-state index contributed by atoms with van der Waals surface area (Å²) < 4.78 is 5.09. The molecule has 2 fully saturated rings. The van der Waals surface area contributed by atoms with Crippen LogP contribution in [0.2, 0.25) is 0 Å². The molecule has 0 spiro atoms. The number of carbonyl (C=O) groups is 1. The molecule has 14 heavy (non-hydrogen) atoms. The lowest BCUT2D eigenvalue weighted by Gasteiger charge is -2.21. The second kappa shape index (κ2) is 3.21. The third kappa shape index (κ3) is 1.91. The number of aliphatic hydroxyl groups is 1. The van der Waals surface area contributed by atoms with Gasteiger partial charge in [0, 0.05) is 25.0 Å². The van der Waals surface area contributed by atoms with Crippen molar-refractivity contribution >= 4 is 5.91 Å². The molecule has 1 heterocycles. The highest BCUT2D eigenvalue weighted by Crippen LogP contribution is 2.45. The van der Waals surface area contributed by atoms with Crippen molar-refractivity contribution in [2.45, 2.75) is 31.8 Å². The summed E-state index contributed by atoms with van der Waals surface area (Å²) in [6.45, 7) is 3.20. The fourth-order valence-corrected chi connectivity index (χ4v) is 1.61. The Bertz CT molecular complexity index is 242. The Morgan fingerprint density at radius 2 is 2.21 bits per heavy atom. The van der Waals surface area contributed by atoms with Gasteiger partial charge in [-0.25, -0.2) is 0 Å². The number of hydrogen-bond donors (Lipinski definition) is 2. The van der Waals surface area contributed by atoms with E-state index in [4.69, 9.17) is 4.74 Å². The zero-order valence-corrected chi connectivity index (χ0v) is 8.51. The minimum atomic E-state index is -0.832. The first-order chi connectivity index (χ1) is 6.54. The van der Waals surface area contributed by atoms with Crippen molar-refractivity contribution in [1.82, 2.24) is 5.32 Å². The SMILES string of the molecule is CC1(C(=O)NCC2(O)CCOC2)CC1. The maximum atomic E-state index is 11.6. The molecule has 1 atom stereocenters. The maximum Gasteiger partial charge on any atom is 0.226 e. The number of hydrogen-bond acceptors (Lipinski definition) is 3. The van der Waals surface area contributed by atoms with E-state index in [9.17, 15) is 9.90 Å². The largest absolute Gasteiger partial charge is 0.386 e. The Labute approximate surface area is 83.6 Å². The molecule has 1 aliphatic carbocycles. The van der Waals surface area contributed by atoms with Gasteiger partial charge in [0.25, 0.3) is 0 Å². The van der Waals surface area contributed by atoms with Crippen LogP contribution in [0.25, 0.3) is 0 Å². The van der Waals surface area contributed by atoms with Crippen molar-refractivity contribution in [3.8, 4) is 0 Å². The third-order valence-electron chi connectivity index (χ3n) is 3.21. The molecule has 4 heteroatoms. The smallest absolute Gasteiger partial charge is 0.226 e. The van der Waals surface area contributed by atoms with E-state index in [2.05, 4.69) is 5.32 Å². The average Bonchev–Trinajstić information content (AvgIpc) is 2.75. The normalized spacial score (nSPS) is 34.1. The summed E-state index contributed by atoms with van der Waals surface area (Å²) in [5.74, 6) is 0.0674. The lowest BCUT2D eigenvalue weighted by molar-refractivity contribution is -0.127. The third-order valence-corrected chi connectivity index (χ3v) is 3.21. The molecule has 0 bridgehead atoms. The quantitative estimate of drug-likeness (QED) is 0.675. The molecule has 2 N–H and O–H groups in total. The Morgan fingerprint density at radius 3 is 2.71 bits per heavy atom. The molecule has 1 amide bonds. The van der Waals surface area contributed by atoms with E-state index in [0.29, 0.717) is 26.2 Å². The Kier molecular flexibility index (Phi) is 2.27. The Hall–Kier alpha value is -0.610. The van der Waals surface area contributed by atoms with Gasteiger partial charge in [0.1, 0.15) is 5.60 Å². The fourth-order valence-electron chi connectivity index (χ4n) is 1.61. The van der Waals surface area contributed by atoms with Crippen LogP contribution in [0.15, 0.2) is 0 Å². The van der Waals surface area contributed by atoms with Gasteiger partial charge < -0.3 is 15.2 Å². The second-order valence-corrected chi connectivity index (χ2v) is 4.77. The van der Waals surface area contributed by atoms with E-state index in [1.54, 1.807) is 0 Å². The predicted molar refractivity (Wildman–Crippen MR) is 50.7 cm³/mol. The first kappa shape index (κ1) is 9.93. The van der Waals surface area contributed by atoms with Crippen LogP contribution in [0.4, 0.5) is 0 Å². The second-order valence-electron chi connectivity index (χ2n) is 4.77. The van der Waals surface area contributed by atoms with Gasteiger partial charge in [-0.05, 0) is 12.8 Å².